The molecule has 6 nitrogen and oxygen atoms in total. The number of carbonyl (C=O) groups excluding carboxylic acids is 2. The molecule has 39 heavy (non-hydrogen) atoms. The van der Waals surface area contributed by atoms with Crippen LogP contribution < -0.4 is 16.4 Å². The van der Waals surface area contributed by atoms with Gasteiger partial charge in [-0.15, -0.1) is 0 Å². The van der Waals surface area contributed by atoms with Crippen molar-refractivity contribution in [2.24, 2.45) is 10.9 Å². The maximum absolute atomic E-state index is 12.7. The molecule has 208 valence electrons. The number of nitrogens with zero attached hydrogens (tertiary/aromatic N) is 1. The average Bonchev–Trinajstić information content (AvgIpc) is 2.96. The maximum Gasteiger partial charge on any atom is 0.227 e. The van der Waals surface area contributed by atoms with Crippen LogP contribution in [0.4, 0.5) is 22.7 Å². The minimum absolute atomic E-state index is 0.0654. The Morgan fingerprint density at radius 1 is 0.949 bits per heavy atom. The van der Waals surface area contributed by atoms with Gasteiger partial charge in [0.2, 0.25) is 5.91 Å². The Bertz CT molecular complexity index is 1160. The fourth-order valence-electron chi connectivity index (χ4n) is 4.21. The molecular formula is C33H44N4O2. The number of carbonyl (C=O) groups is 2. The number of aldehydes is 1. The van der Waals surface area contributed by atoms with Gasteiger partial charge in [0.25, 0.3) is 0 Å². The van der Waals surface area contributed by atoms with E-state index in [1.807, 2.05) is 86.8 Å². The second-order valence-electron chi connectivity index (χ2n) is 9.59. The molecule has 2 unspecified atom stereocenters. The van der Waals surface area contributed by atoms with Gasteiger partial charge in [0.05, 0.1) is 11.4 Å². The van der Waals surface area contributed by atoms with Crippen LogP contribution in [-0.4, -0.2) is 25.5 Å². The first-order chi connectivity index (χ1) is 18.9. The van der Waals surface area contributed by atoms with Crippen molar-refractivity contribution in [1.29, 1.82) is 0 Å². The van der Waals surface area contributed by atoms with Gasteiger partial charge in [-0.25, -0.2) is 0 Å². The van der Waals surface area contributed by atoms with E-state index in [2.05, 4.69) is 29.5 Å². The van der Waals surface area contributed by atoms with Crippen LogP contribution in [0.1, 0.15) is 76.3 Å². The number of benzene rings is 3. The molecule has 3 rings (SSSR count). The van der Waals surface area contributed by atoms with Crippen molar-refractivity contribution in [2.75, 3.05) is 23.4 Å². The van der Waals surface area contributed by atoms with Crippen molar-refractivity contribution in [1.82, 2.24) is 0 Å². The SMILES string of the molecule is CCC(C=O)c1ccccc1.CCCCC(CCC)C(=O)Nc1ccc(NC)c(N=Cc2ccc(N)cc2)c1. The third kappa shape index (κ3) is 10.8. The number of nitrogens with two attached hydrogens (primary N) is 1. The molecule has 0 aliphatic carbocycles. The van der Waals surface area contributed by atoms with Gasteiger partial charge in [-0.1, -0.05) is 82.5 Å². The van der Waals surface area contributed by atoms with E-state index in [0.717, 1.165) is 78.7 Å². The van der Waals surface area contributed by atoms with E-state index in [1.54, 1.807) is 6.21 Å². The van der Waals surface area contributed by atoms with E-state index in [1.165, 1.54) is 0 Å². The van der Waals surface area contributed by atoms with Crippen molar-refractivity contribution in [3.05, 3.63) is 83.9 Å². The van der Waals surface area contributed by atoms with Gasteiger partial charge in [-0.05, 0) is 60.7 Å². The second kappa shape index (κ2) is 17.6. The minimum atomic E-state index is 0.0654. The summed E-state index contributed by atoms with van der Waals surface area (Å²) in [6.45, 7) is 6.30. The molecule has 1 amide bonds. The highest BCUT2D eigenvalue weighted by Gasteiger charge is 2.17. The number of rotatable bonds is 13. The quantitative estimate of drug-likeness (QED) is 0.119. The summed E-state index contributed by atoms with van der Waals surface area (Å²) in [4.78, 5) is 27.8. The molecule has 0 fully saturated rings. The Kier molecular flexibility index (Phi) is 14.1. The number of nitrogen functional groups attached to an aromatic ring is 1. The number of anilines is 3. The summed E-state index contributed by atoms with van der Waals surface area (Å²) in [7, 11) is 1.86. The summed E-state index contributed by atoms with van der Waals surface area (Å²) in [5, 5.41) is 6.22. The predicted molar refractivity (Wildman–Crippen MR) is 166 cm³/mol. The number of amides is 1. The lowest BCUT2D eigenvalue weighted by Gasteiger charge is -2.16. The third-order valence-corrected chi connectivity index (χ3v) is 6.57. The fourth-order valence-corrected chi connectivity index (χ4v) is 4.21. The lowest BCUT2D eigenvalue weighted by atomic mass is 9.96. The highest BCUT2D eigenvalue weighted by atomic mass is 16.1. The molecule has 0 radical (unpaired) electrons. The van der Waals surface area contributed by atoms with Gasteiger partial charge >= 0.3 is 0 Å². The Hall–Kier alpha value is -3.93. The van der Waals surface area contributed by atoms with Gasteiger partial charge < -0.3 is 21.2 Å². The Morgan fingerprint density at radius 3 is 2.26 bits per heavy atom. The van der Waals surface area contributed by atoms with Gasteiger partial charge in [0.1, 0.15) is 6.29 Å². The molecule has 0 aliphatic rings. The monoisotopic (exact) mass is 528 g/mol. The second-order valence-corrected chi connectivity index (χ2v) is 9.59. The summed E-state index contributed by atoms with van der Waals surface area (Å²) in [6.07, 6.45) is 8.74. The Morgan fingerprint density at radius 2 is 1.67 bits per heavy atom. The molecule has 6 heteroatoms. The van der Waals surface area contributed by atoms with Crippen LogP contribution in [0, 0.1) is 5.92 Å². The van der Waals surface area contributed by atoms with Crippen LogP contribution in [0.25, 0.3) is 0 Å². The number of hydrogen-bond donors (Lipinski definition) is 3. The standard InChI is InChI=1S/C23H32N4O.C10H12O/c1-4-6-8-18(7-5-2)23(28)27-20-13-14-21(25-3)22(15-20)26-16-17-9-11-19(24)12-10-17;1-2-9(8-11)10-6-4-3-5-7-10/h9-16,18,25H,4-8,24H2,1-3H3,(H,27,28);3-9H,2H2,1H3. The van der Waals surface area contributed by atoms with E-state index in [9.17, 15) is 9.59 Å². The summed E-state index contributed by atoms with van der Waals surface area (Å²) < 4.78 is 0. The van der Waals surface area contributed by atoms with Crippen LogP contribution >= 0.6 is 0 Å². The molecule has 3 aromatic rings. The van der Waals surface area contributed by atoms with Crippen LogP contribution in [0.5, 0.6) is 0 Å². The molecule has 0 spiro atoms. The highest BCUT2D eigenvalue weighted by molar-refractivity contribution is 5.94. The lowest BCUT2D eigenvalue weighted by Crippen LogP contribution is -2.22. The molecule has 0 heterocycles. The molecule has 0 aromatic heterocycles. The molecule has 0 aliphatic heterocycles. The zero-order chi connectivity index (χ0) is 28.5. The summed E-state index contributed by atoms with van der Waals surface area (Å²) >= 11 is 0. The van der Waals surface area contributed by atoms with Gasteiger partial charge in [0.15, 0.2) is 0 Å². The maximum atomic E-state index is 12.7. The molecule has 4 N–H and O–H groups in total. The van der Waals surface area contributed by atoms with Crippen molar-refractivity contribution < 1.29 is 9.59 Å². The van der Waals surface area contributed by atoms with E-state index < -0.39 is 0 Å². The number of aliphatic imine (C=N–C) groups is 1. The number of nitrogens with one attached hydrogen (secondary N) is 2. The van der Waals surface area contributed by atoms with Gasteiger partial charge in [-0.2, -0.15) is 0 Å². The van der Waals surface area contributed by atoms with E-state index >= 15 is 0 Å². The van der Waals surface area contributed by atoms with Gasteiger partial charge in [0, 0.05) is 36.5 Å². The molecule has 3 aromatic carbocycles. The fraction of sp³-hybridized carbons (Fsp3) is 0.364. The molecule has 0 saturated heterocycles. The first kappa shape index (κ1) is 31.3. The van der Waals surface area contributed by atoms with Crippen molar-refractivity contribution in [3.8, 4) is 0 Å². The van der Waals surface area contributed by atoms with Crippen LogP contribution in [0.15, 0.2) is 77.8 Å². The van der Waals surface area contributed by atoms with E-state index in [0.29, 0.717) is 0 Å². The molecule has 0 saturated carbocycles. The third-order valence-electron chi connectivity index (χ3n) is 6.57. The largest absolute Gasteiger partial charge is 0.399 e. The lowest BCUT2D eigenvalue weighted by molar-refractivity contribution is -0.120. The average molecular weight is 529 g/mol. The normalized spacial score (nSPS) is 12.2. The van der Waals surface area contributed by atoms with Crippen LogP contribution in [0.3, 0.4) is 0 Å². The van der Waals surface area contributed by atoms with Crippen molar-refractivity contribution in [3.63, 3.8) is 0 Å². The van der Waals surface area contributed by atoms with Crippen molar-refractivity contribution in [2.45, 2.75) is 65.2 Å². The topological polar surface area (TPSA) is 96.6 Å². The van der Waals surface area contributed by atoms with E-state index in [-0.39, 0.29) is 17.7 Å². The summed E-state index contributed by atoms with van der Waals surface area (Å²) in [5.41, 5.74) is 11.0. The first-order valence-electron chi connectivity index (χ1n) is 14.0. The molecular weight excluding hydrogens is 484 g/mol. The predicted octanol–water partition coefficient (Wildman–Crippen LogP) is 7.99. The Labute approximate surface area is 234 Å². The van der Waals surface area contributed by atoms with Gasteiger partial charge in [-0.3, -0.25) is 9.79 Å². The molecule has 2 atom stereocenters. The molecule has 0 bridgehead atoms. The highest BCUT2D eigenvalue weighted by Crippen LogP contribution is 2.29. The minimum Gasteiger partial charge on any atom is -0.399 e. The van der Waals surface area contributed by atoms with E-state index in [4.69, 9.17) is 5.73 Å². The Balaban J connectivity index is 0.000000404. The van der Waals surface area contributed by atoms with Crippen LogP contribution in [0.2, 0.25) is 0 Å². The first-order valence-corrected chi connectivity index (χ1v) is 14.0. The zero-order valence-corrected chi connectivity index (χ0v) is 23.8. The van der Waals surface area contributed by atoms with Crippen LogP contribution in [-0.2, 0) is 9.59 Å². The number of hydrogen-bond acceptors (Lipinski definition) is 5. The summed E-state index contributed by atoms with van der Waals surface area (Å²) in [6, 6.07) is 23.2. The zero-order valence-electron chi connectivity index (χ0n) is 23.8. The summed E-state index contributed by atoms with van der Waals surface area (Å²) in [5.74, 6) is 0.243. The smallest absolute Gasteiger partial charge is 0.227 e. The van der Waals surface area contributed by atoms with Crippen molar-refractivity contribution >= 4 is 41.2 Å². The number of unbranched alkanes of at least 4 members (excludes halogenated alkanes) is 1.